The molecule has 0 saturated heterocycles. The molecule has 0 bridgehead atoms. The predicted octanol–water partition coefficient (Wildman–Crippen LogP) is 2.38. The van der Waals surface area contributed by atoms with Crippen molar-refractivity contribution >= 4 is 40.3 Å². The highest BCUT2D eigenvalue weighted by Crippen LogP contribution is 2.15. The number of benzene rings is 1. The van der Waals surface area contributed by atoms with E-state index in [-0.39, 0.29) is 6.04 Å². The van der Waals surface area contributed by atoms with Crippen molar-refractivity contribution in [3.05, 3.63) is 29.3 Å². The number of hydrogen-bond donors (Lipinski definition) is 4. The number of hydrogen-bond acceptors (Lipinski definition) is 2. The first-order valence-electron chi connectivity index (χ1n) is 6.09. The monoisotopic (exact) mass is 296 g/mol. The zero-order valence-electron chi connectivity index (χ0n) is 11.6. The first-order valence-corrected chi connectivity index (χ1v) is 6.91. The average Bonchev–Trinajstić information content (AvgIpc) is 2.30. The number of hydrazine groups is 1. The van der Waals surface area contributed by atoms with Crippen LogP contribution in [0.3, 0.4) is 0 Å². The standard InChI is InChI=1S/C13H20N4S2/c1-8(2)14-12(18)16-17-13(19)15-11-7-9(3)5-6-10(11)4/h5-8H,1-4H3,(H2,14,16,18)(H2,15,17,19). The summed E-state index contributed by atoms with van der Waals surface area (Å²) in [5.74, 6) is 0. The molecule has 4 nitrogen and oxygen atoms in total. The SMILES string of the molecule is Cc1ccc(C)c(NC(=S)NNC(=S)NC(C)C)c1. The molecule has 0 unspecified atom stereocenters. The summed E-state index contributed by atoms with van der Waals surface area (Å²) in [6, 6.07) is 6.45. The van der Waals surface area contributed by atoms with Gasteiger partial charge in [-0.15, -0.1) is 0 Å². The van der Waals surface area contributed by atoms with E-state index in [9.17, 15) is 0 Å². The third kappa shape index (κ3) is 5.85. The lowest BCUT2D eigenvalue weighted by molar-refractivity contribution is 0.705. The van der Waals surface area contributed by atoms with Crippen molar-refractivity contribution in [2.45, 2.75) is 33.7 Å². The Labute approximate surface area is 125 Å². The van der Waals surface area contributed by atoms with Crippen molar-refractivity contribution in [3.8, 4) is 0 Å². The minimum Gasteiger partial charge on any atom is -0.359 e. The number of thiocarbonyl (C=S) groups is 2. The Morgan fingerprint density at radius 3 is 2.32 bits per heavy atom. The number of aryl methyl sites for hydroxylation is 2. The van der Waals surface area contributed by atoms with E-state index >= 15 is 0 Å². The molecule has 6 heteroatoms. The molecule has 19 heavy (non-hydrogen) atoms. The minimum atomic E-state index is 0.280. The fraction of sp³-hybridized carbons (Fsp3) is 0.385. The lowest BCUT2D eigenvalue weighted by atomic mass is 10.1. The summed E-state index contributed by atoms with van der Waals surface area (Å²) in [6.07, 6.45) is 0. The third-order valence-corrected chi connectivity index (χ3v) is 2.77. The summed E-state index contributed by atoms with van der Waals surface area (Å²) in [5, 5.41) is 7.17. The highest BCUT2D eigenvalue weighted by Gasteiger charge is 2.02. The van der Waals surface area contributed by atoms with Crippen LogP contribution in [0.25, 0.3) is 0 Å². The van der Waals surface area contributed by atoms with Gasteiger partial charge in [0.15, 0.2) is 10.2 Å². The van der Waals surface area contributed by atoms with E-state index in [1.807, 2.05) is 33.8 Å². The van der Waals surface area contributed by atoms with Gasteiger partial charge in [-0.1, -0.05) is 12.1 Å². The molecule has 0 amide bonds. The Morgan fingerprint density at radius 2 is 1.68 bits per heavy atom. The molecule has 1 aromatic carbocycles. The molecule has 0 aromatic heterocycles. The summed E-state index contributed by atoms with van der Waals surface area (Å²) < 4.78 is 0. The van der Waals surface area contributed by atoms with Gasteiger partial charge < -0.3 is 10.6 Å². The fourth-order valence-corrected chi connectivity index (χ4v) is 1.88. The maximum absolute atomic E-state index is 5.20. The first kappa shape index (κ1) is 15.7. The highest BCUT2D eigenvalue weighted by molar-refractivity contribution is 7.80. The quantitative estimate of drug-likeness (QED) is 0.497. The fourth-order valence-electron chi connectivity index (χ4n) is 1.44. The van der Waals surface area contributed by atoms with Gasteiger partial charge in [-0.05, 0) is 69.3 Å². The third-order valence-electron chi connectivity index (χ3n) is 2.35. The summed E-state index contributed by atoms with van der Waals surface area (Å²) in [4.78, 5) is 0. The van der Waals surface area contributed by atoms with Crippen molar-refractivity contribution in [2.24, 2.45) is 0 Å². The van der Waals surface area contributed by atoms with Crippen LogP contribution < -0.4 is 21.5 Å². The molecule has 0 heterocycles. The smallest absolute Gasteiger partial charge is 0.189 e. The van der Waals surface area contributed by atoms with E-state index < -0.39 is 0 Å². The Balaban J connectivity index is 2.47. The molecule has 0 saturated carbocycles. The Morgan fingerprint density at radius 1 is 1.05 bits per heavy atom. The van der Waals surface area contributed by atoms with E-state index in [0.29, 0.717) is 10.2 Å². The van der Waals surface area contributed by atoms with Gasteiger partial charge in [0.1, 0.15) is 0 Å². The molecular weight excluding hydrogens is 276 g/mol. The summed E-state index contributed by atoms with van der Waals surface area (Å²) in [6.45, 7) is 8.10. The van der Waals surface area contributed by atoms with Crippen LogP contribution in [0.1, 0.15) is 25.0 Å². The van der Waals surface area contributed by atoms with Gasteiger partial charge in [-0.3, -0.25) is 10.9 Å². The molecule has 0 aliphatic heterocycles. The van der Waals surface area contributed by atoms with Crippen molar-refractivity contribution in [1.29, 1.82) is 0 Å². The topological polar surface area (TPSA) is 48.1 Å². The van der Waals surface area contributed by atoms with Crippen LogP contribution in [-0.2, 0) is 0 Å². The Bertz CT molecular complexity index is 472. The minimum absolute atomic E-state index is 0.280. The molecule has 0 atom stereocenters. The maximum atomic E-state index is 5.20. The van der Waals surface area contributed by atoms with Crippen LogP contribution in [0, 0.1) is 13.8 Å². The van der Waals surface area contributed by atoms with Gasteiger partial charge in [-0.25, -0.2) is 0 Å². The van der Waals surface area contributed by atoms with E-state index in [1.54, 1.807) is 0 Å². The van der Waals surface area contributed by atoms with Crippen molar-refractivity contribution in [2.75, 3.05) is 5.32 Å². The van der Waals surface area contributed by atoms with Crippen molar-refractivity contribution in [1.82, 2.24) is 16.2 Å². The summed E-state index contributed by atoms with van der Waals surface area (Å²) >= 11 is 10.3. The molecule has 0 aliphatic carbocycles. The average molecular weight is 296 g/mol. The first-order chi connectivity index (χ1) is 8.88. The second-order valence-corrected chi connectivity index (χ2v) is 5.47. The molecule has 1 aromatic rings. The largest absolute Gasteiger partial charge is 0.359 e. The van der Waals surface area contributed by atoms with Gasteiger partial charge in [0.25, 0.3) is 0 Å². The van der Waals surface area contributed by atoms with Crippen molar-refractivity contribution in [3.63, 3.8) is 0 Å². The number of rotatable bonds is 2. The van der Waals surface area contributed by atoms with Crippen LogP contribution in [0.4, 0.5) is 5.69 Å². The molecule has 104 valence electrons. The molecule has 4 N–H and O–H groups in total. The van der Waals surface area contributed by atoms with Crippen molar-refractivity contribution < 1.29 is 0 Å². The zero-order chi connectivity index (χ0) is 14.4. The van der Waals surface area contributed by atoms with Gasteiger partial charge in [0.05, 0.1) is 0 Å². The Hall–Kier alpha value is -1.40. The lowest BCUT2D eigenvalue weighted by Crippen LogP contribution is -2.49. The zero-order valence-corrected chi connectivity index (χ0v) is 13.3. The number of nitrogens with one attached hydrogen (secondary N) is 4. The predicted molar refractivity (Wildman–Crippen MR) is 89.3 cm³/mol. The second kappa shape index (κ2) is 7.25. The van der Waals surface area contributed by atoms with Crippen LogP contribution in [0.5, 0.6) is 0 Å². The lowest BCUT2D eigenvalue weighted by Gasteiger charge is -2.16. The highest BCUT2D eigenvalue weighted by atomic mass is 32.1. The van der Waals surface area contributed by atoms with E-state index in [4.69, 9.17) is 24.4 Å². The summed E-state index contributed by atoms with van der Waals surface area (Å²) in [7, 11) is 0. The van der Waals surface area contributed by atoms with Gasteiger partial charge in [-0.2, -0.15) is 0 Å². The molecular formula is C13H20N4S2. The molecule has 0 radical (unpaired) electrons. The van der Waals surface area contributed by atoms with E-state index in [2.05, 4.69) is 33.6 Å². The molecule has 1 rings (SSSR count). The molecule has 0 aliphatic rings. The molecule has 0 fully saturated rings. The van der Waals surface area contributed by atoms with E-state index in [0.717, 1.165) is 11.3 Å². The maximum Gasteiger partial charge on any atom is 0.189 e. The van der Waals surface area contributed by atoms with Crippen LogP contribution in [0.15, 0.2) is 18.2 Å². The normalized spacial score (nSPS) is 9.95. The van der Waals surface area contributed by atoms with Gasteiger partial charge in [0.2, 0.25) is 0 Å². The summed E-state index contributed by atoms with van der Waals surface area (Å²) in [5.41, 5.74) is 8.99. The van der Waals surface area contributed by atoms with E-state index in [1.165, 1.54) is 5.56 Å². The van der Waals surface area contributed by atoms with Crippen LogP contribution >= 0.6 is 24.4 Å². The van der Waals surface area contributed by atoms with Crippen LogP contribution in [0.2, 0.25) is 0 Å². The van der Waals surface area contributed by atoms with Gasteiger partial charge >= 0.3 is 0 Å². The second-order valence-electron chi connectivity index (χ2n) is 4.65. The van der Waals surface area contributed by atoms with Crippen LogP contribution in [-0.4, -0.2) is 16.3 Å². The Kier molecular flexibility index (Phi) is 5.98. The number of anilines is 1. The van der Waals surface area contributed by atoms with Gasteiger partial charge in [0, 0.05) is 11.7 Å². The molecule has 0 spiro atoms.